The third kappa shape index (κ3) is 4.55. The van der Waals surface area contributed by atoms with E-state index in [0.717, 1.165) is 24.3 Å². The van der Waals surface area contributed by atoms with Crippen molar-refractivity contribution in [2.75, 3.05) is 11.9 Å². The molecular formula is C15H11F2NO4. The Morgan fingerprint density at radius 3 is 2.82 bits per heavy atom. The van der Waals surface area contributed by atoms with E-state index in [1.54, 1.807) is 12.1 Å². The minimum absolute atomic E-state index is 0.327. The average Bonchev–Trinajstić information content (AvgIpc) is 3.00. The van der Waals surface area contributed by atoms with Crippen molar-refractivity contribution >= 4 is 23.6 Å². The van der Waals surface area contributed by atoms with E-state index in [0.29, 0.717) is 5.76 Å². The molecule has 0 saturated carbocycles. The van der Waals surface area contributed by atoms with Crippen molar-refractivity contribution in [3.63, 3.8) is 0 Å². The summed E-state index contributed by atoms with van der Waals surface area (Å²) >= 11 is 0. The lowest BCUT2D eigenvalue weighted by atomic mass is 10.3. The van der Waals surface area contributed by atoms with Crippen molar-refractivity contribution < 1.29 is 27.5 Å². The fraction of sp³-hybridized carbons (Fsp3) is 0.0667. The van der Waals surface area contributed by atoms with Gasteiger partial charge in [-0.1, -0.05) is 0 Å². The SMILES string of the molecule is O=C(COC(=O)C=Cc1ccco1)Nc1cc(F)ccc1F. The summed E-state index contributed by atoms with van der Waals surface area (Å²) in [5, 5.41) is 2.10. The zero-order valence-electron chi connectivity index (χ0n) is 11.2. The molecule has 1 aromatic heterocycles. The molecule has 0 bridgehead atoms. The molecule has 2 aromatic rings. The van der Waals surface area contributed by atoms with Gasteiger partial charge >= 0.3 is 5.97 Å². The van der Waals surface area contributed by atoms with Gasteiger partial charge in [-0.05, 0) is 30.3 Å². The number of anilines is 1. The first kappa shape index (κ1) is 15.4. The van der Waals surface area contributed by atoms with Crippen LogP contribution in [0.15, 0.2) is 47.1 Å². The highest BCUT2D eigenvalue weighted by Gasteiger charge is 2.10. The zero-order valence-corrected chi connectivity index (χ0v) is 11.2. The molecule has 0 aliphatic carbocycles. The van der Waals surface area contributed by atoms with Crippen LogP contribution in [0.5, 0.6) is 0 Å². The lowest BCUT2D eigenvalue weighted by Crippen LogP contribution is -2.20. The largest absolute Gasteiger partial charge is 0.465 e. The first-order valence-corrected chi connectivity index (χ1v) is 6.18. The standard InChI is InChI=1S/C15H11F2NO4/c16-10-3-5-12(17)13(8-10)18-14(19)9-22-15(20)6-4-11-2-1-7-21-11/h1-8H,9H2,(H,18,19). The molecular weight excluding hydrogens is 296 g/mol. The number of amides is 1. The number of ether oxygens (including phenoxy) is 1. The maximum atomic E-state index is 13.3. The van der Waals surface area contributed by atoms with Crippen molar-refractivity contribution in [1.82, 2.24) is 0 Å². The number of furan rings is 1. The third-order valence-corrected chi connectivity index (χ3v) is 2.47. The van der Waals surface area contributed by atoms with Crippen LogP contribution in [0, 0.1) is 11.6 Å². The highest BCUT2D eigenvalue weighted by atomic mass is 19.1. The maximum absolute atomic E-state index is 13.3. The van der Waals surface area contributed by atoms with Gasteiger partial charge in [0.25, 0.3) is 5.91 Å². The summed E-state index contributed by atoms with van der Waals surface area (Å²) in [6, 6.07) is 5.90. The van der Waals surface area contributed by atoms with Crippen LogP contribution in [-0.4, -0.2) is 18.5 Å². The van der Waals surface area contributed by atoms with E-state index in [4.69, 9.17) is 4.42 Å². The Bertz CT molecular complexity index is 696. The van der Waals surface area contributed by atoms with Gasteiger partial charge in [0.1, 0.15) is 17.4 Å². The Morgan fingerprint density at radius 1 is 1.27 bits per heavy atom. The van der Waals surface area contributed by atoms with Crippen LogP contribution in [0.3, 0.4) is 0 Å². The Hall–Kier alpha value is -2.96. The van der Waals surface area contributed by atoms with Crippen molar-refractivity contribution in [3.8, 4) is 0 Å². The smallest absolute Gasteiger partial charge is 0.331 e. The van der Waals surface area contributed by atoms with E-state index in [1.165, 1.54) is 12.3 Å². The molecule has 0 spiro atoms. The second kappa shape index (κ2) is 7.16. The normalized spacial score (nSPS) is 10.6. The van der Waals surface area contributed by atoms with Gasteiger partial charge in [0.2, 0.25) is 0 Å². The molecule has 5 nitrogen and oxygen atoms in total. The minimum Gasteiger partial charge on any atom is -0.465 e. The molecule has 22 heavy (non-hydrogen) atoms. The molecule has 0 atom stereocenters. The van der Waals surface area contributed by atoms with Crippen LogP contribution < -0.4 is 5.32 Å². The first-order chi connectivity index (χ1) is 10.5. The lowest BCUT2D eigenvalue weighted by Gasteiger charge is -2.06. The molecule has 1 heterocycles. The summed E-state index contributed by atoms with van der Waals surface area (Å²) in [5.41, 5.74) is -0.327. The molecule has 1 aromatic carbocycles. The van der Waals surface area contributed by atoms with Gasteiger partial charge in [-0.3, -0.25) is 4.79 Å². The molecule has 0 saturated heterocycles. The minimum atomic E-state index is -0.793. The van der Waals surface area contributed by atoms with Gasteiger partial charge in [0.15, 0.2) is 6.61 Å². The number of halogens is 2. The molecule has 0 radical (unpaired) electrons. The number of carbonyl (C=O) groups is 2. The number of carbonyl (C=O) groups excluding carboxylic acids is 2. The quantitative estimate of drug-likeness (QED) is 0.681. The fourth-order valence-corrected chi connectivity index (χ4v) is 1.50. The summed E-state index contributed by atoms with van der Waals surface area (Å²) in [5.74, 6) is -2.60. The van der Waals surface area contributed by atoms with E-state index in [9.17, 15) is 18.4 Å². The summed E-state index contributed by atoms with van der Waals surface area (Å²) in [4.78, 5) is 22.8. The number of esters is 1. The van der Waals surface area contributed by atoms with Crippen LogP contribution in [0.4, 0.5) is 14.5 Å². The summed E-state index contributed by atoms with van der Waals surface area (Å²) in [6.07, 6.45) is 3.88. The number of rotatable bonds is 5. The van der Waals surface area contributed by atoms with Gasteiger partial charge in [-0.2, -0.15) is 0 Å². The Labute approximate surface area is 124 Å². The predicted molar refractivity (Wildman–Crippen MR) is 73.7 cm³/mol. The van der Waals surface area contributed by atoms with Crippen LogP contribution in [-0.2, 0) is 14.3 Å². The summed E-state index contributed by atoms with van der Waals surface area (Å²) in [6.45, 7) is -0.628. The summed E-state index contributed by atoms with van der Waals surface area (Å²) < 4.78 is 35.8. The van der Waals surface area contributed by atoms with E-state index in [-0.39, 0.29) is 5.69 Å². The number of hydrogen-bond donors (Lipinski definition) is 1. The second-order valence-corrected chi connectivity index (χ2v) is 4.13. The van der Waals surface area contributed by atoms with Crippen molar-refractivity contribution in [2.45, 2.75) is 0 Å². The monoisotopic (exact) mass is 307 g/mol. The molecule has 7 heteroatoms. The number of hydrogen-bond acceptors (Lipinski definition) is 4. The van der Waals surface area contributed by atoms with E-state index in [2.05, 4.69) is 10.1 Å². The van der Waals surface area contributed by atoms with Gasteiger partial charge in [-0.15, -0.1) is 0 Å². The van der Waals surface area contributed by atoms with Crippen LogP contribution in [0.1, 0.15) is 5.76 Å². The molecule has 1 N–H and O–H groups in total. The van der Waals surface area contributed by atoms with Crippen molar-refractivity contribution in [1.29, 1.82) is 0 Å². The topological polar surface area (TPSA) is 68.5 Å². The molecule has 114 valence electrons. The van der Waals surface area contributed by atoms with Crippen LogP contribution >= 0.6 is 0 Å². The molecule has 0 unspecified atom stereocenters. The number of nitrogens with one attached hydrogen (secondary N) is 1. The lowest BCUT2D eigenvalue weighted by molar-refractivity contribution is -0.142. The van der Waals surface area contributed by atoms with Crippen molar-refractivity contribution in [2.24, 2.45) is 0 Å². The van der Waals surface area contributed by atoms with Gasteiger partial charge in [-0.25, -0.2) is 13.6 Å². The Kier molecular flexibility index (Phi) is 5.02. The highest BCUT2D eigenvalue weighted by Crippen LogP contribution is 2.14. The molecule has 2 rings (SSSR count). The molecule has 0 aliphatic heterocycles. The highest BCUT2D eigenvalue weighted by molar-refractivity contribution is 5.94. The Morgan fingerprint density at radius 2 is 2.09 bits per heavy atom. The summed E-state index contributed by atoms with van der Waals surface area (Å²) in [7, 11) is 0. The van der Waals surface area contributed by atoms with Crippen LogP contribution in [0.25, 0.3) is 6.08 Å². The molecule has 0 aliphatic rings. The van der Waals surface area contributed by atoms with E-state index >= 15 is 0 Å². The molecule has 1 amide bonds. The average molecular weight is 307 g/mol. The fourth-order valence-electron chi connectivity index (χ4n) is 1.50. The maximum Gasteiger partial charge on any atom is 0.331 e. The predicted octanol–water partition coefficient (Wildman–Crippen LogP) is 2.75. The van der Waals surface area contributed by atoms with Gasteiger partial charge < -0.3 is 14.5 Å². The third-order valence-electron chi connectivity index (χ3n) is 2.47. The second-order valence-electron chi connectivity index (χ2n) is 4.13. The van der Waals surface area contributed by atoms with Gasteiger partial charge in [0, 0.05) is 12.1 Å². The number of benzene rings is 1. The zero-order chi connectivity index (χ0) is 15.9. The van der Waals surface area contributed by atoms with E-state index in [1.807, 2.05) is 0 Å². The molecule has 0 fully saturated rings. The first-order valence-electron chi connectivity index (χ1n) is 6.18. The van der Waals surface area contributed by atoms with Gasteiger partial charge in [0.05, 0.1) is 12.0 Å². The van der Waals surface area contributed by atoms with Crippen LogP contribution in [0.2, 0.25) is 0 Å². The Balaban J connectivity index is 1.82. The van der Waals surface area contributed by atoms with E-state index < -0.39 is 30.1 Å². The van der Waals surface area contributed by atoms with Crippen molar-refractivity contribution in [3.05, 3.63) is 60.1 Å².